The maximum atomic E-state index is 13.0. The molecule has 158 valence electrons. The molecule has 2 aromatic carbocycles. The van der Waals surface area contributed by atoms with E-state index < -0.39 is 0 Å². The Bertz CT molecular complexity index is 1120. The van der Waals surface area contributed by atoms with Crippen LogP contribution in [0.25, 0.3) is 10.9 Å². The minimum absolute atomic E-state index is 0.0121. The lowest BCUT2D eigenvalue weighted by atomic mass is 10.1. The highest BCUT2D eigenvalue weighted by molar-refractivity contribution is 7.99. The van der Waals surface area contributed by atoms with E-state index in [4.69, 9.17) is 4.98 Å². The molecule has 30 heavy (non-hydrogen) atoms. The maximum absolute atomic E-state index is 13.0. The highest BCUT2D eigenvalue weighted by atomic mass is 32.2. The van der Waals surface area contributed by atoms with Crippen LogP contribution in [0.5, 0.6) is 0 Å². The molecule has 1 heterocycles. The van der Waals surface area contributed by atoms with Gasteiger partial charge in [-0.05, 0) is 50.5 Å². The first-order chi connectivity index (χ1) is 14.3. The van der Waals surface area contributed by atoms with Gasteiger partial charge < -0.3 is 4.90 Å². The lowest BCUT2D eigenvalue weighted by molar-refractivity contribution is -0.127. The van der Waals surface area contributed by atoms with E-state index in [9.17, 15) is 9.59 Å². The molecule has 0 bridgehead atoms. The van der Waals surface area contributed by atoms with E-state index in [0.717, 1.165) is 12.0 Å². The van der Waals surface area contributed by atoms with Crippen LogP contribution in [0.15, 0.2) is 52.4 Å². The standard InChI is InChI=1S/C24H29N3O2S/c1-6-18(4)27-23(29)20-9-7-8-10-21(20)25-24(27)30-15-22(28)26(5)14-19-12-11-16(2)13-17(19)3/h7-13,18H,6,14-15H2,1-5H3/t18-/m0/s1. The molecule has 6 heteroatoms. The van der Waals surface area contributed by atoms with Crippen molar-refractivity contribution in [1.82, 2.24) is 14.5 Å². The maximum Gasteiger partial charge on any atom is 0.262 e. The first-order valence-corrected chi connectivity index (χ1v) is 11.2. The Hall–Kier alpha value is -2.60. The molecule has 1 aromatic heterocycles. The van der Waals surface area contributed by atoms with Gasteiger partial charge in [-0.25, -0.2) is 4.98 Å². The van der Waals surface area contributed by atoms with Crippen molar-refractivity contribution in [1.29, 1.82) is 0 Å². The summed E-state index contributed by atoms with van der Waals surface area (Å²) in [6.07, 6.45) is 0.814. The minimum Gasteiger partial charge on any atom is -0.341 e. The number of aryl methyl sites for hydroxylation is 2. The predicted molar refractivity (Wildman–Crippen MR) is 124 cm³/mol. The van der Waals surface area contributed by atoms with Crippen LogP contribution in [-0.2, 0) is 11.3 Å². The minimum atomic E-state index is -0.0477. The van der Waals surface area contributed by atoms with Crippen molar-refractivity contribution in [3.05, 3.63) is 69.5 Å². The molecule has 0 aliphatic carbocycles. The average molecular weight is 424 g/mol. The summed E-state index contributed by atoms with van der Waals surface area (Å²) in [5.74, 6) is 0.251. The summed E-state index contributed by atoms with van der Waals surface area (Å²) >= 11 is 1.33. The number of carbonyl (C=O) groups excluding carboxylic acids is 1. The molecule has 0 spiro atoms. The van der Waals surface area contributed by atoms with Crippen molar-refractivity contribution in [2.75, 3.05) is 12.8 Å². The van der Waals surface area contributed by atoms with Crippen LogP contribution in [0, 0.1) is 13.8 Å². The second kappa shape index (κ2) is 9.47. The Morgan fingerprint density at radius 1 is 1.20 bits per heavy atom. The summed E-state index contributed by atoms with van der Waals surface area (Å²) in [4.78, 5) is 32.3. The summed E-state index contributed by atoms with van der Waals surface area (Å²) in [7, 11) is 1.82. The Kier molecular flexibility index (Phi) is 6.98. The predicted octanol–water partition coefficient (Wildman–Crippen LogP) is 4.74. The zero-order valence-electron chi connectivity index (χ0n) is 18.3. The van der Waals surface area contributed by atoms with Gasteiger partial charge in [0.1, 0.15) is 0 Å². The van der Waals surface area contributed by atoms with Gasteiger partial charge in [0.25, 0.3) is 5.56 Å². The number of benzene rings is 2. The monoisotopic (exact) mass is 423 g/mol. The summed E-state index contributed by atoms with van der Waals surface area (Å²) in [6.45, 7) is 8.75. The molecule has 0 N–H and O–H groups in total. The van der Waals surface area contributed by atoms with Crippen molar-refractivity contribution in [3.8, 4) is 0 Å². The van der Waals surface area contributed by atoms with E-state index in [1.165, 1.54) is 22.9 Å². The molecule has 0 saturated carbocycles. The molecular weight excluding hydrogens is 394 g/mol. The Balaban J connectivity index is 1.80. The fraction of sp³-hybridized carbons (Fsp3) is 0.375. The van der Waals surface area contributed by atoms with Crippen LogP contribution in [0.3, 0.4) is 0 Å². The van der Waals surface area contributed by atoms with E-state index in [-0.39, 0.29) is 23.3 Å². The third-order valence-electron chi connectivity index (χ3n) is 5.46. The number of hydrogen-bond acceptors (Lipinski definition) is 4. The number of rotatable bonds is 7. The van der Waals surface area contributed by atoms with E-state index in [1.54, 1.807) is 15.5 Å². The van der Waals surface area contributed by atoms with Crippen molar-refractivity contribution in [2.24, 2.45) is 0 Å². The highest BCUT2D eigenvalue weighted by Crippen LogP contribution is 2.23. The Labute approximate surface area is 182 Å². The average Bonchev–Trinajstić information content (AvgIpc) is 2.73. The van der Waals surface area contributed by atoms with Gasteiger partial charge in [0.2, 0.25) is 5.91 Å². The lowest BCUT2D eigenvalue weighted by Crippen LogP contribution is -2.29. The quantitative estimate of drug-likeness (QED) is 0.407. The number of hydrogen-bond donors (Lipinski definition) is 0. The number of thioether (sulfide) groups is 1. The fourth-order valence-corrected chi connectivity index (χ4v) is 4.44. The number of nitrogens with zero attached hydrogens (tertiary/aromatic N) is 3. The number of amides is 1. The van der Waals surface area contributed by atoms with E-state index >= 15 is 0 Å². The van der Waals surface area contributed by atoms with Crippen LogP contribution in [0.2, 0.25) is 0 Å². The third kappa shape index (κ3) is 4.75. The summed E-state index contributed by atoms with van der Waals surface area (Å²) in [5.41, 5.74) is 4.16. The molecule has 0 aliphatic rings. The largest absolute Gasteiger partial charge is 0.341 e. The molecular formula is C24H29N3O2S. The topological polar surface area (TPSA) is 55.2 Å². The lowest BCUT2D eigenvalue weighted by Gasteiger charge is -2.20. The van der Waals surface area contributed by atoms with Crippen LogP contribution >= 0.6 is 11.8 Å². The van der Waals surface area contributed by atoms with Gasteiger partial charge in [0.05, 0.1) is 16.7 Å². The van der Waals surface area contributed by atoms with Gasteiger partial charge in [-0.1, -0.05) is 54.6 Å². The van der Waals surface area contributed by atoms with Crippen molar-refractivity contribution in [2.45, 2.75) is 51.9 Å². The first kappa shape index (κ1) is 22.1. The van der Waals surface area contributed by atoms with Gasteiger partial charge in [-0.2, -0.15) is 0 Å². The number of aromatic nitrogens is 2. The molecule has 0 aliphatic heterocycles. The molecule has 3 aromatic rings. The van der Waals surface area contributed by atoms with Crippen molar-refractivity contribution < 1.29 is 4.79 Å². The molecule has 0 saturated heterocycles. The van der Waals surface area contributed by atoms with Gasteiger partial charge >= 0.3 is 0 Å². The van der Waals surface area contributed by atoms with Crippen molar-refractivity contribution in [3.63, 3.8) is 0 Å². The number of carbonyl (C=O) groups is 1. The molecule has 0 radical (unpaired) electrons. The van der Waals surface area contributed by atoms with Crippen LogP contribution in [-0.4, -0.2) is 33.2 Å². The summed E-state index contributed by atoms with van der Waals surface area (Å²) < 4.78 is 1.73. The smallest absolute Gasteiger partial charge is 0.262 e. The zero-order chi connectivity index (χ0) is 21.8. The van der Waals surface area contributed by atoms with E-state index in [2.05, 4.69) is 32.0 Å². The van der Waals surface area contributed by atoms with Crippen molar-refractivity contribution >= 4 is 28.6 Å². The number of para-hydroxylation sites is 1. The van der Waals surface area contributed by atoms with Gasteiger partial charge in [0, 0.05) is 19.6 Å². The van der Waals surface area contributed by atoms with Crippen LogP contribution in [0.4, 0.5) is 0 Å². The van der Waals surface area contributed by atoms with Gasteiger partial charge in [-0.15, -0.1) is 0 Å². The van der Waals surface area contributed by atoms with Gasteiger partial charge in [0.15, 0.2) is 5.16 Å². The molecule has 0 unspecified atom stereocenters. The fourth-order valence-electron chi connectivity index (χ4n) is 3.40. The van der Waals surface area contributed by atoms with E-state index in [0.29, 0.717) is 22.6 Å². The van der Waals surface area contributed by atoms with E-state index in [1.807, 2.05) is 39.1 Å². The molecule has 1 atom stereocenters. The second-order valence-corrected chi connectivity index (χ2v) is 8.75. The van der Waals surface area contributed by atoms with Crippen LogP contribution in [0.1, 0.15) is 43.0 Å². The Morgan fingerprint density at radius 3 is 2.63 bits per heavy atom. The number of fused-ring (bicyclic) bond motifs is 1. The zero-order valence-corrected chi connectivity index (χ0v) is 19.1. The second-order valence-electron chi connectivity index (χ2n) is 7.81. The third-order valence-corrected chi connectivity index (χ3v) is 6.40. The summed E-state index contributed by atoms with van der Waals surface area (Å²) in [5, 5.41) is 1.21. The molecule has 0 fully saturated rings. The molecule has 3 rings (SSSR count). The molecule has 5 nitrogen and oxygen atoms in total. The first-order valence-electron chi connectivity index (χ1n) is 10.3. The SMILES string of the molecule is CC[C@H](C)n1c(SCC(=O)N(C)Cc2ccc(C)cc2C)nc2ccccc2c1=O. The highest BCUT2D eigenvalue weighted by Gasteiger charge is 2.18. The van der Waals surface area contributed by atoms with Gasteiger partial charge in [-0.3, -0.25) is 14.2 Å². The normalized spacial score (nSPS) is 12.2. The molecule has 1 amide bonds. The Morgan fingerprint density at radius 2 is 1.93 bits per heavy atom. The van der Waals surface area contributed by atoms with Crippen LogP contribution < -0.4 is 5.56 Å². The summed E-state index contributed by atoms with van der Waals surface area (Å²) in [6, 6.07) is 13.7.